The van der Waals surface area contributed by atoms with E-state index in [-0.39, 0.29) is 17.8 Å². The van der Waals surface area contributed by atoms with E-state index < -0.39 is 0 Å². The highest BCUT2D eigenvalue weighted by molar-refractivity contribution is 5.76. The van der Waals surface area contributed by atoms with Gasteiger partial charge in [0, 0.05) is 38.6 Å². The molecule has 0 aliphatic carbocycles. The number of benzene rings is 1. The second kappa shape index (κ2) is 7.41. The molecule has 0 bridgehead atoms. The Morgan fingerprint density at radius 1 is 1.35 bits per heavy atom. The van der Waals surface area contributed by atoms with Gasteiger partial charge in [-0.1, -0.05) is 19.1 Å². The Bertz CT molecular complexity index is 546. The van der Waals surface area contributed by atoms with Crippen LogP contribution in [-0.4, -0.2) is 55.1 Å². The van der Waals surface area contributed by atoms with Gasteiger partial charge in [0.25, 0.3) is 0 Å². The van der Waals surface area contributed by atoms with Crippen LogP contribution in [0.3, 0.4) is 0 Å². The Labute approximate surface area is 137 Å². The maximum atomic E-state index is 13.5. The van der Waals surface area contributed by atoms with Crippen molar-refractivity contribution in [3.05, 3.63) is 35.6 Å². The maximum Gasteiger partial charge on any atom is 0.224 e. The molecule has 2 heterocycles. The van der Waals surface area contributed by atoms with E-state index in [1.807, 2.05) is 11.0 Å². The molecule has 0 N–H and O–H groups in total. The van der Waals surface area contributed by atoms with E-state index in [1.54, 1.807) is 12.1 Å². The number of hydrogen-bond acceptors (Lipinski definition) is 3. The average molecular weight is 320 g/mol. The Morgan fingerprint density at radius 3 is 2.87 bits per heavy atom. The molecule has 0 radical (unpaired) electrons. The third kappa shape index (κ3) is 4.09. The van der Waals surface area contributed by atoms with Crippen molar-refractivity contribution in [2.75, 3.05) is 39.4 Å². The molecule has 1 aromatic rings. The summed E-state index contributed by atoms with van der Waals surface area (Å²) in [4.78, 5) is 16.5. The molecule has 2 atom stereocenters. The second-order valence-corrected chi connectivity index (χ2v) is 6.65. The summed E-state index contributed by atoms with van der Waals surface area (Å²) in [6, 6.07) is 7.08. The molecule has 2 aliphatic rings. The Balaban J connectivity index is 1.60. The smallest absolute Gasteiger partial charge is 0.224 e. The van der Waals surface area contributed by atoms with Gasteiger partial charge in [0.05, 0.1) is 13.2 Å². The van der Waals surface area contributed by atoms with Crippen molar-refractivity contribution in [2.24, 2.45) is 5.92 Å². The van der Waals surface area contributed by atoms with Gasteiger partial charge >= 0.3 is 0 Å². The van der Waals surface area contributed by atoms with E-state index in [0.29, 0.717) is 38.6 Å². The van der Waals surface area contributed by atoms with Crippen molar-refractivity contribution in [3.8, 4) is 0 Å². The lowest BCUT2D eigenvalue weighted by molar-refractivity contribution is -0.135. The largest absolute Gasteiger partial charge is 0.378 e. The van der Waals surface area contributed by atoms with E-state index in [4.69, 9.17) is 4.74 Å². The lowest BCUT2D eigenvalue weighted by Crippen LogP contribution is -2.42. The number of carbonyl (C=O) groups is 1. The van der Waals surface area contributed by atoms with E-state index in [1.165, 1.54) is 6.07 Å². The van der Waals surface area contributed by atoms with Crippen molar-refractivity contribution in [1.29, 1.82) is 0 Å². The van der Waals surface area contributed by atoms with Crippen LogP contribution in [0.4, 0.5) is 4.39 Å². The zero-order valence-corrected chi connectivity index (χ0v) is 13.7. The van der Waals surface area contributed by atoms with Crippen LogP contribution >= 0.6 is 0 Å². The predicted molar refractivity (Wildman–Crippen MR) is 86.5 cm³/mol. The molecule has 23 heavy (non-hydrogen) atoms. The number of nitrogens with zero attached hydrogens (tertiary/aromatic N) is 2. The molecule has 1 aromatic carbocycles. The molecule has 4 nitrogen and oxygen atoms in total. The van der Waals surface area contributed by atoms with E-state index in [2.05, 4.69) is 11.8 Å². The van der Waals surface area contributed by atoms with Crippen molar-refractivity contribution in [1.82, 2.24) is 9.80 Å². The van der Waals surface area contributed by atoms with E-state index in [0.717, 1.165) is 25.1 Å². The number of ether oxygens (including phenoxy) is 1. The number of halogens is 1. The van der Waals surface area contributed by atoms with Gasteiger partial charge < -0.3 is 9.64 Å². The van der Waals surface area contributed by atoms with Gasteiger partial charge in [-0.05, 0) is 30.0 Å². The van der Waals surface area contributed by atoms with Gasteiger partial charge in [-0.15, -0.1) is 0 Å². The van der Waals surface area contributed by atoms with Gasteiger partial charge in [0.1, 0.15) is 5.82 Å². The van der Waals surface area contributed by atoms with E-state index in [9.17, 15) is 9.18 Å². The molecular weight excluding hydrogens is 295 g/mol. The summed E-state index contributed by atoms with van der Waals surface area (Å²) in [6.07, 6.45) is 1.55. The molecule has 126 valence electrons. The minimum atomic E-state index is -0.189. The van der Waals surface area contributed by atoms with Crippen LogP contribution in [0.2, 0.25) is 0 Å². The Morgan fingerprint density at radius 2 is 2.13 bits per heavy atom. The summed E-state index contributed by atoms with van der Waals surface area (Å²) < 4.78 is 18.8. The fourth-order valence-corrected chi connectivity index (χ4v) is 3.65. The molecule has 2 aliphatic heterocycles. The van der Waals surface area contributed by atoms with Crippen LogP contribution in [0.15, 0.2) is 24.3 Å². The summed E-state index contributed by atoms with van der Waals surface area (Å²) >= 11 is 0. The van der Waals surface area contributed by atoms with Crippen LogP contribution in [0.1, 0.15) is 31.4 Å². The number of amides is 1. The fraction of sp³-hybridized carbons (Fsp3) is 0.611. The molecular formula is C18H25FN2O2. The molecule has 1 amide bonds. The number of carbonyl (C=O) groups excluding carboxylic acids is 1. The first-order valence-electron chi connectivity index (χ1n) is 8.48. The SMILES string of the molecule is C[C@H]1C[C@H](c2cccc(F)c2)N(CCC(=O)N2CCOCC2)C1. The van der Waals surface area contributed by atoms with Gasteiger partial charge in [0.15, 0.2) is 0 Å². The minimum Gasteiger partial charge on any atom is -0.378 e. The summed E-state index contributed by atoms with van der Waals surface area (Å²) in [5.74, 6) is 0.582. The monoisotopic (exact) mass is 320 g/mol. The first-order valence-corrected chi connectivity index (χ1v) is 8.48. The second-order valence-electron chi connectivity index (χ2n) is 6.65. The normalized spacial score (nSPS) is 25.7. The van der Waals surface area contributed by atoms with Gasteiger partial charge in [-0.3, -0.25) is 9.69 Å². The maximum absolute atomic E-state index is 13.5. The highest BCUT2D eigenvalue weighted by Gasteiger charge is 2.31. The summed E-state index contributed by atoms with van der Waals surface area (Å²) in [7, 11) is 0. The molecule has 0 saturated carbocycles. The number of hydrogen-bond donors (Lipinski definition) is 0. The van der Waals surface area contributed by atoms with Gasteiger partial charge in [-0.2, -0.15) is 0 Å². The van der Waals surface area contributed by atoms with Gasteiger partial charge in [0.2, 0.25) is 5.91 Å². The van der Waals surface area contributed by atoms with Gasteiger partial charge in [-0.25, -0.2) is 4.39 Å². The summed E-state index contributed by atoms with van der Waals surface area (Å²) in [5, 5.41) is 0. The van der Waals surface area contributed by atoms with Crippen molar-refractivity contribution < 1.29 is 13.9 Å². The molecule has 3 rings (SSSR count). The lowest BCUT2D eigenvalue weighted by Gasteiger charge is -2.29. The van der Waals surface area contributed by atoms with Crippen LogP contribution in [0, 0.1) is 11.7 Å². The first kappa shape index (κ1) is 16.4. The molecule has 2 fully saturated rings. The number of likely N-dealkylation sites (tertiary alicyclic amines) is 1. The highest BCUT2D eigenvalue weighted by Crippen LogP contribution is 2.35. The average Bonchev–Trinajstić information content (AvgIpc) is 2.94. The van der Waals surface area contributed by atoms with Crippen molar-refractivity contribution in [3.63, 3.8) is 0 Å². The number of morpholine rings is 1. The van der Waals surface area contributed by atoms with Crippen molar-refractivity contribution in [2.45, 2.75) is 25.8 Å². The zero-order chi connectivity index (χ0) is 16.2. The van der Waals surface area contributed by atoms with Crippen LogP contribution < -0.4 is 0 Å². The zero-order valence-electron chi connectivity index (χ0n) is 13.7. The molecule has 5 heteroatoms. The molecule has 0 aromatic heterocycles. The van der Waals surface area contributed by atoms with Crippen LogP contribution in [-0.2, 0) is 9.53 Å². The third-order valence-corrected chi connectivity index (χ3v) is 4.82. The fourth-order valence-electron chi connectivity index (χ4n) is 3.65. The molecule has 2 saturated heterocycles. The molecule has 0 unspecified atom stereocenters. The van der Waals surface area contributed by atoms with Crippen LogP contribution in [0.25, 0.3) is 0 Å². The van der Waals surface area contributed by atoms with Crippen molar-refractivity contribution >= 4 is 5.91 Å². The first-order chi connectivity index (χ1) is 11.1. The minimum absolute atomic E-state index is 0.189. The quantitative estimate of drug-likeness (QED) is 0.854. The third-order valence-electron chi connectivity index (χ3n) is 4.82. The predicted octanol–water partition coefficient (Wildman–Crippen LogP) is 2.46. The Hall–Kier alpha value is -1.46. The molecule has 0 spiro atoms. The number of rotatable bonds is 4. The Kier molecular flexibility index (Phi) is 5.28. The summed E-state index contributed by atoms with van der Waals surface area (Å²) in [6.45, 7) is 6.59. The standard InChI is InChI=1S/C18H25FN2O2/c1-14-11-17(15-3-2-4-16(19)12-15)21(13-14)6-5-18(22)20-7-9-23-10-8-20/h2-4,12,14,17H,5-11,13H2,1H3/t14-,17+/m0/s1. The highest BCUT2D eigenvalue weighted by atomic mass is 19.1. The topological polar surface area (TPSA) is 32.8 Å². The van der Waals surface area contributed by atoms with Crippen LogP contribution in [0.5, 0.6) is 0 Å². The summed E-state index contributed by atoms with van der Waals surface area (Å²) in [5.41, 5.74) is 1.02. The lowest BCUT2D eigenvalue weighted by atomic mass is 10.0. The van der Waals surface area contributed by atoms with E-state index >= 15 is 0 Å².